The molecule has 0 aliphatic rings. The molecule has 0 aliphatic heterocycles. The molecule has 7 heteroatoms. The maximum atomic E-state index is 4.32. The summed E-state index contributed by atoms with van der Waals surface area (Å²) in [5, 5.41) is 17.1. The Morgan fingerprint density at radius 1 is 0.760 bits per heavy atom. The van der Waals surface area contributed by atoms with Crippen molar-refractivity contribution in [3.63, 3.8) is 0 Å². The van der Waals surface area contributed by atoms with Crippen molar-refractivity contribution >= 4 is 22.1 Å². The van der Waals surface area contributed by atoms with Crippen LogP contribution < -0.4 is 0 Å². The number of para-hydroxylation sites is 2. The molecule has 0 saturated carbocycles. The zero-order valence-electron chi connectivity index (χ0n) is 14.7. The highest BCUT2D eigenvalue weighted by Gasteiger charge is 2.24. The van der Waals surface area contributed by atoms with Crippen LogP contribution in [0.5, 0.6) is 0 Å². The number of benzene rings is 2. The van der Waals surface area contributed by atoms with Gasteiger partial charge in [0.15, 0.2) is 0 Å². The van der Waals surface area contributed by atoms with E-state index in [1.54, 1.807) is 0 Å². The van der Waals surface area contributed by atoms with Crippen molar-refractivity contribution in [1.29, 1.82) is 0 Å². The van der Waals surface area contributed by atoms with Crippen LogP contribution in [0.3, 0.4) is 0 Å². The highest BCUT2D eigenvalue weighted by Crippen LogP contribution is 2.19. The van der Waals surface area contributed by atoms with Gasteiger partial charge in [-0.2, -0.15) is 0 Å². The van der Waals surface area contributed by atoms with E-state index in [1.165, 1.54) is 0 Å². The SMILES string of the molecule is CC(C)(C)N(Cn1nnc2ccccc21)Cn1nnc2ccccc21. The van der Waals surface area contributed by atoms with Gasteiger partial charge in [-0.1, -0.05) is 34.7 Å². The molecule has 0 fully saturated rings. The Labute approximate surface area is 145 Å². The second-order valence-electron chi connectivity index (χ2n) is 7.15. The normalized spacial score (nSPS) is 12.5. The van der Waals surface area contributed by atoms with Gasteiger partial charge in [-0.25, -0.2) is 9.36 Å². The minimum atomic E-state index is -0.0693. The first-order valence-electron chi connectivity index (χ1n) is 8.34. The van der Waals surface area contributed by atoms with Crippen LogP contribution in [-0.4, -0.2) is 40.4 Å². The third-order valence-electron chi connectivity index (χ3n) is 4.40. The number of hydrogen-bond acceptors (Lipinski definition) is 5. The predicted octanol–water partition coefficient (Wildman–Crippen LogP) is 2.89. The molecule has 2 aromatic carbocycles. The van der Waals surface area contributed by atoms with Crippen LogP contribution in [0.15, 0.2) is 48.5 Å². The molecule has 2 heterocycles. The van der Waals surface area contributed by atoms with Crippen LogP contribution >= 0.6 is 0 Å². The molecule has 0 N–H and O–H groups in total. The van der Waals surface area contributed by atoms with Gasteiger partial charge in [0.05, 0.1) is 24.4 Å². The molecule has 128 valence electrons. The molecule has 2 aromatic heterocycles. The number of nitrogens with zero attached hydrogens (tertiary/aromatic N) is 7. The second kappa shape index (κ2) is 5.93. The third-order valence-corrected chi connectivity index (χ3v) is 4.40. The summed E-state index contributed by atoms with van der Waals surface area (Å²) in [5.41, 5.74) is 3.80. The Kier molecular flexibility index (Phi) is 3.73. The quantitative estimate of drug-likeness (QED) is 0.574. The van der Waals surface area contributed by atoms with E-state index < -0.39 is 0 Å². The molecule has 0 unspecified atom stereocenters. The Bertz CT molecular complexity index is 933. The van der Waals surface area contributed by atoms with E-state index in [2.05, 4.69) is 46.3 Å². The van der Waals surface area contributed by atoms with Crippen molar-refractivity contribution in [2.45, 2.75) is 39.6 Å². The van der Waals surface area contributed by atoms with Gasteiger partial charge in [-0.3, -0.25) is 4.90 Å². The summed E-state index contributed by atoms with van der Waals surface area (Å²) < 4.78 is 3.86. The van der Waals surface area contributed by atoms with E-state index >= 15 is 0 Å². The standard InChI is InChI=1S/C18H21N7/c1-18(2,3)23(12-24-16-10-6-4-8-14(16)19-21-24)13-25-17-11-7-5-9-15(17)20-22-25/h4-11H,12-13H2,1-3H3. The summed E-state index contributed by atoms with van der Waals surface area (Å²) in [6, 6.07) is 16.0. The van der Waals surface area contributed by atoms with Crippen molar-refractivity contribution in [3.05, 3.63) is 48.5 Å². The molecule has 0 aliphatic carbocycles. The second-order valence-corrected chi connectivity index (χ2v) is 7.15. The maximum absolute atomic E-state index is 4.32. The maximum Gasteiger partial charge on any atom is 0.113 e. The lowest BCUT2D eigenvalue weighted by atomic mass is 10.1. The fourth-order valence-corrected chi connectivity index (χ4v) is 2.84. The van der Waals surface area contributed by atoms with Crippen LogP contribution in [-0.2, 0) is 13.3 Å². The number of hydrogen-bond donors (Lipinski definition) is 0. The van der Waals surface area contributed by atoms with Gasteiger partial charge in [0, 0.05) is 5.54 Å². The molecular formula is C18H21N7. The highest BCUT2D eigenvalue weighted by atomic mass is 15.5. The smallest absolute Gasteiger partial charge is 0.113 e. The van der Waals surface area contributed by atoms with Gasteiger partial charge in [0.25, 0.3) is 0 Å². The van der Waals surface area contributed by atoms with Gasteiger partial charge in [0.1, 0.15) is 11.0 Å². The monoisotopic (exact) mass is 335 g/mol. The zero-order chi connectivity index (χ0) is 17.4. The third kappa shape index (κ3) is 2.98. The summed E-state index contributed by atoms with van der Waals surface area (Å²) in [4.78, 5) is 2.30. The van der Waals surface area contributed by atoms with Gasteiger partial charge in [-0.05, 0) is 45.0 Å². The number of fused-ring (bicyclic) bond motifs is 2. The van der Waals surface area contributed by atoms with Gasteiger partial charge < -0.3 is 0 Å². The average molecular weight is 335 g/mol. The van der Waals surface area contributed by atoms with E-state index in [0.717, 1.165) is 22.1 Å². The van der Waals surface area contributed by atoms with Crippen LogP contribution in [0.2, 0.25) is 0 Å². The molecule has 0 radical (unpaired) electrons. The summed E-state index contributed by atoms with van der Waals surface area (Å²) in [5.74, 6) is 0. The molecule has 0 saturated heterocycles. The summed E-state index contributed by atoms with van der Waals surface area (Å²) in [6.07, 6.45) is 0. The number of rotatable bonds is 4. The Hall–Kier alpha value is -2.80. The predicted molar refractivity (Wildman–Crippen MR) is 96.6 cm³/mol. The fraction of sp³-hybridized carbons (Fsp3) is 0.333. The Morgan fingerprint density at radius 2 is 1.20 bits per heavy atom. The summed E-state index contributed by atoms with van der Waals surface area (Å²) >= 11 is 0. The van der Waals surface area contributed by atoms with E-state index in [9.17, 15) is 0 Å². The summed E-state index contributed by atoms with van der Waals surface area (Å²) in [7, 11) is 0. The van der Waals surface area contributed by atoms with Crippen molar-refractivity contribution in [3.8, 4) is 0 Å². The molecule has 4 aromatic rings. The van der Waals surface area contributed by atoms with E-state index in [-0.39, 0.29) is 5.54 Å². The van der Waals surface area contributed by atoms with Crippen LogP contribution in [0.25, 0.3) is 22.1 Å². The molecule has 4 rings (SSSR count). The molecule has 0 atom stereocenters. The van der Waals surface area contributed by atoms with E-state index in [4.69, 9.17) is 0 Å². The highest BCUT2D eigenvalue weighted by molar-refractivity contribution is 5.74. The van der Waals surface area contributed by atoms with E-state index in [0.29, 0.717) is 13.3 Å². The summed E-state index contributed by atoms with van der Waals surface area (Å²) in [6.45, 7) is 7.80. The molecule has 0 bridgehead atoms. The van der Waals surface area contributed by atoms with Crippen molar-refractivity contribution < 1.29 is 0 Å². The van der Waals surface area contributed by atoms with Gasteiger partial charge >= 0.3 is 0 Å². The average Bonchev–Trinajstić information content (AvgIpc) is 3.18. The minimum Gasteiger partial charge on any atom is -0.260 e. The van der Waals surface area contributed by atoms with Gasteiger partial charge in [0.2, 0.25) is 0 Å². The molecule has 25 heavy (non-hydrogen) atoms. The topological polar surface area (TPSA) is 64.7 Å². The van der Waals surface area contributed by atoms with Gasteiger partial charge in [-0.15, -0.1) is 10.2 Å². The largest absolute Gasteiger partial charge is 0.260 e. The Balaban J connectivity index is 1.67. The lowest BCUT2D eigenvalue weighted by Crippen LogP contribution is -2.43. The molecule has 0 spiro atoms. The first-order valence-corrected chi connectivity index (χ1v) is 8.34. The van der Waals surface area contributed by atoms with Crippen LogP contribution in [0.4, 0.5) is 0 Å². The first kappa shape index (κ1) is 15.7. The molecule has 7 nitrogen and oxygen atoms in total. The van der Waals surface area contributed by atoms with Crippen LogP contribution in [0, 0.1) is 0 Å². The van der Waals surface area contributed by atoms with Crippen molar-refractivity contribution in [2.75, 3.05) is 0 Å². The Morgan fingerprint density at radius 3 is 1.64 bits per heavy atom. The fourth-order valence-electron chi connectivity index (χ4n) is 2.84. The zero-order valence-corrected chi connectivity index (χ0v) is 14.7. The molecule has 0 amide bonds. The molecular weight excluding hydrogens is 314 g/mol. The van der Waals surface area contributed by atoms with Crippen molar-refractivity contribution in [1.82, 2.24) is 34.9 Å². The van der Waals surface area contributed by atoms with Crippen molar-refractivity contribution in [2.24, 2.45) is 0 Å². The minimum absolute atomic E-state index is 0.0693. The van der Waals surface area contributed by atoms with Crippen LogP contribution in [0.1, 0.15) is 20.8 Å². The van der Waals surface area contributed by atoms with E-state index in [1.807, 2.05) is 57.9 Å². The first-order chi connectivity index (χ1) is 12.0. The number of aromatic nitrogens is 6. The lowest BCUT2D eigenvalue weighted by molar-refractivity contribution is 0.0537. The lowest BCUT2D eigenvalue weighted by Gasteiger charge is -2.35.